The van der Waals surface area contributed by atoms with E-state index in [-0.39, 0.29) is 41.3 Å². The summed E-state index contributed by atoms with van der Waals surface area (Å²) < 4.78 is 65.5. The minimum atomic E-state index is -4.57. The predicted molar refractivity (Wildman–Crippen MR) is 145 cm³/mol. The molecule has 1 aliphatic carbocycles. The van der Waals surface area contributed by atoms with Crippen molar-refractivity contribution in [2.45, 2.75) is 76.0 Å². The summed E-state index contributed by atoms with van der Waals surface area (Å²) in [5.74, 6) is -0.670. The number of H-pyrrole nitrogens is 1. The topological polar surface area (TPSA) is 95.2 Å². The Bertz CT molecular complexity index is 1380. The molecule has 11 heteroatoms. The van der Waals surface area contributed by atoms with Crippen LogP contribution in [0.4, 0.5) is 13.2 Å². The summed E-state index contributed by atoms with van der Waals surface area (Å²) in [7, 11) is -0.822. The lowest BCUT2D eigenvalue weighted by molar-refractivity contribution is -0.136. The molecule has 4 atom stereocenters. The smallest absolute Gasteiger partial charge is 0.353 e. The van der Waals surface area contributed by atoms with Gasteiger partial charge >= 0.3 is 6.18 Å². The van der Waals surface area contributed by atoms with E-state index in [0.717, 1.165) is 18.1 Å². The predicted octanol–water partition coefficient (Wildman–Crippen LogP) is 4.78. The summed E-state index contributed by atoms with van der Waals surface area (Å²) in [5.41, 5.74) is 0.807. The maximum absolute atomic E-state index is 13.4. The number of nitrogens with zero attached hydrogens (tertiary/aromatic N) is 2. The van der Waals surface area contributed by atoms with Crippen LogP contribution in [0.25, 0.3) is 11.0 Å². The van der Waals surface area contributed by atoms with Crippen molar-refractivity contribution in [3.05, 3.63) is 65.0 Å². The number of amides is 1. The molecular formula is C28H35F3N4O3S. The SMILES string of the molecule is Cc1ccc(C([C@H]2C[C@H](N(C)C(C)C)CC[C@@H]2NC(=O)Cc2nc3c(C(F)(F)F)cccc3[nH]2)[SH](=O)=O)cc1. The second-order valence-corrected chi connectivity index (χ2v) is 11.9. The Labute approximate surface area is 228 Å². The first-order valence-electron chi connectivity index (χ1n) is 13.1. The summed E-state index contributed by atoms with van der Waals surface area (Å²) in [6.07, 6.45) is -2.86. The van der Waals surface area contributed by atoms with Gasteiger partial charge in [-0.05, 0) is 64.8 Å². The molecule has 0 bridgehead atoms. The zero-order valence-corrected chi connectivity index (χ0v) is 23.4. The Hall–Kier alpha value is -2.92. The van der Waals surface area contributed by atoms with E-state index in [1.807, 2.05) is 38.2 Å². The molecule has 212 valence electrons. The number of hydrogen-bond acceptors (Lipinski definition) is 5. The summed E-state index contributed by atoms with van der Waals surface area (Å²) in [6, 6.07) is 11.2. The molecule has 1 fully saturated rings. The van der Waals surface area contributed by atoms with Crippen LogP contribution >= 0.6 is 0 Å². The fourth-order valence-electron chi connectivity index (χ4n) is 5.60. The van der Waals surface area contributed by atoms with Crippen LogP contribution in [0.15, 0.2) is 42.5 Å². The first-order valence-corrected chi connectivity index (χ1v) is 14.4. The number of benzene rings is 2. The number of fused-ring (bicyclic) bond motifs is 1. The van der Waals surface area contributed by atoms with E-state index in [2.05, 4.69) is 34.0 Å². The van der Waals surface area contributed by atoms with Crippen LogP contribution in [0.3, 0.4) is 0 Å². The first kappa shape index (κ1) is 29.1. The van der Waals surface area contributed by atoms with Crippen LogP contribution in [0.2, 0.25) is 0 Å². The van der Waals surface area contributed by atoms with Gasteiger partial charge in [0.15, 0.2) is 0 Å². The molecule has 1 aromatic heterocycles. The lowest BCUT2D eigenvalue weighted by Gasteiger charge is -2.43. The van der Waals surface area contributed by atoms with E-state index in [1.165, 1.54) is 12.1 Å². The molecule has 0 spiro atoms. The molecule has 1 heterocycles. The van der Waals surface area contributed by atoms with E-state index >= 15 is 0 Å². The average Bonchev–Trinajstić information content (AvgIpc) is 3.27. The van der Waals surface area contributed by atoms with Crippen molar-refractivity contribution >= 4 is 27.6 Å². The minimum Gasteiger partial charge on any atom is -0.353 e. The molecular weight excluding hydrogens is 529 g/mol. The fraction of sp³-hybridized carbons (Fsp3) is 0.500. The van der Waals surface area contributed by atoms with Gasteiger partial charge in [0.2, 0.25) is 5.91 Å². The van der Waals surface area contributed by atoms with E-state index in [0.29, 0.717) is 18.4 Å². The molecule has 4 rings (SSSR count). The highest BCUT2D eigenvalue weighted by Crippen LogP contribution is 2.39. The number of carbonyl (C=O) groups is 1. The minimum absolute atomic E-state index is 0.119. The van der Waals surface area contributed by atoms with Crippen molar-refractivity contribution in [2.75, 3.05) is 7.05 Å². The Balaban J connectivity index is 1.59. The number of para-hydroxylation sites is 1. The van der Waals surface area contributed by atoms with Gasteiger partial charge in [0, 0.05) is 24.0 Å². The Morgan fingerprint density at radius 1 is 1.15 bits per heavy atom. The standard InChI is InChI=1S/C28H35F3N4O3S/c1-16(2)35(4)19-12-13-22(20(14-19)27(39(37)38)18-10-8-17(3)9-11-18)33-25(36)15-24-32-23-7-5-6-21(26(23)34-24)28(29,30)31/h5-11,16,19-20,22,27,39H,12-15H2,1-4H3,(H,32,34)(H,33,36)/t19-,20+,22+,27?/m1/s1. The van der Waals surface area contributed by atoms with Crippen LogP contribution in [0.1, 0.15) is 60.9 Å². The molecule has 2 aromatic carbocycles. The lowest BCUT2D eigenvalue weighted by atomic mass is 9.77. The molecule has 0 saturated heterocycles. The van der Waals surface area contributed by atoms with Gasteiger partial charge in [0.05, 0.1) is 22.8 Å². The number of imidazole rings is 1. The van der Waals surface area contributed by atoms with Crippen LogP contribution in [-0.4, -0.2) is 54.4 Å². The molecule has 7 nitrogen and oxygen atoms in total. The Kier molecular flexibility index (Phi) is 8.70. The molecule has 2 N–H and O–H groups in total. The molecule has 0 radical (unpaired) electrons. The van der Waals surface area contributed by atoms with Gasteiger partial charge in [-0.3, -0.25) is 4.79 Å². The lowest BCUT2D eigenvalue weighted by Crippen LogP contribution is -2.51. The quantitative estimate of drug-likeness (QED) is 0.343. The summed E-state index contributed by atoms with van der Waals surface area (Å²) in [6.45, 7) is 6.11. The number of rotatable bonds is 8. The molecule has 1 unspecified atom stereocenters. The van der Waals surface area contributed by atoms with Gasteiger partial charge in [-0.15, -0.1) is 0 Å². The van der Waals surface area contributed by atoms with E-state index in [4.69, 9.17) is 0 Å². The van der Waals surface area contributed by atoms with Crippen LogP contribution < -0.4 is 5.32 Å². The van der Waals surface area contributed by atoms with Crippen LogP contribution in [-0.2, 0) is 28.1 Å². The van der Waals surface area contributed by atoms with Crippen molar-refractivity contribution in [1.82, 2.24) is 20.2 Å². The molecule has 3 aromatic rings. The summed E-state index contributed by atoms with van der Waals surface area (Å²) in [5, 5.41) is 2.22. The van der Waals surface area contributed by atoms with Gasteiger partial charge < -0.3 is 15.2 Å². The molecule has 1 aliphatic rings. The zero-order valence-electron chi connectivity index (χ0n) is 22.5. The highest BCUT2D eigenvalue weighted by Gasteiger charge is 2.40. The summed E-state index contributed by atoms with van der Waals surface area (Å²) in [4.78, 5) is 22.2. The van der Waals surface area contributed by atoms with Crippen molar-refractivity contribution in [1.29, 1.82) is 0 Å². The maximum Gasteiger partial charge on any atom is 0.418 e. The third-order valence-electron chi connectivity index (χ3n) is 7.86. The van der Waals surface area contributed by atoms with Gasteiger partial charge in [-0.1, -0.05) is 35.9 Å². The van der Waals surface area contributed by atoms with Crippen molar-refractivity contribution in [3.8, 4) is 0 Å². The third-order valence-corrected chi connectivity index (χ3v) is 8.99. The zero-order chi connectivity index (χ0) is 28.5. The average molecular weight is 565 g/mol. The first-order chi connectivity index (χ1) is 18.3. The number of aryl methyl sites for hydroxylation is 1. The highest BCUT2D eigenvalue weighted by molar-refractivity contribution is 7.72. The molecule has 39 heavy (non-hydrogen) atoms. The number of aromatic nitrogens is 2. The fourth-order valence-corrected chi connectivity index (χ4v) is 6.65. The number of thiol groups is 1. The second kappa shape index (κ2) is 11.7. The Morgan fingerprint density at radius 2 is 1.85 bits per heavy atom. The van der Waals surface area contributed by atoms with Gasteiger partial charge in [0.25, 0.3) is 0 Å². The summed E-state index contributed by atoms with van der Waals surface area (Å²) >= 11 is 0. The van der Waals surface area contributed by atoms with Crippen molar-refractivity contribution < 1.29 is 26.4 Å². The molecule has 0 aliphatic heterocycles. The monoisotopic (exact) mass is 564 g/mol. The largest absolute Gasteiger partial charge is 0.418 e. The highest BCUT2D eigenvalue weighted by atomic mass is 32.2. The molecule has 1 amide bonds. The third kappa shape index (κ3) is 6.63. The van der Waals surface area contributed by atoms with E-state index in [9.17, 15) is 26.4 Å². The number of carbonyl (C=O) groups excluding carboxylic acids is 1. The molecule has 1 saturated carbocycles. The number of hydrogen-bond donors (Lipinski definition) is 3. The van der Waals surface area contributed by atoms with Gasteiger partial charge in [-0.2, -0.15) is 13.2 Å². The van der Waals surface area contributed by atoms with Crippen molar-refractivity contribution in [2.24, 2.45) is 5.92 Å². The van der Waals surface area contributed by atoms with Crippen molar-refractivity contribution in [3.63, 3.8) is 0 Å². The van der Waals surface area contributed by atoms with Gasteiger partial charge in [-0.25, -0.2) is 13.4 Å². The van der Waals surface area contributed by atoms with Gasteiger partial charge in [0.1, 0.15) is 22.0 Å². The van der Waals surface area contributed by atoms with E-state index < -0.39 is 39.6 Å². The number of halogens is 3. The number of nitrogens with one attached hydrogen (secondary N) is 2. The number of aromatic amines is 1. The second-order valence-electron chi connectivity index (χ2n) is 10.8. The maximum atomic E-state index is 13.4. The van der Waals surface area contributed by atoms with Crippen LogP contribution in [0, 0.1) is 12.8 Å². The van der Waals surface area contributed by atoms with Crippen LogP contribution in [0.5, 0.6) is 0 Å². The number of alkyl halides is 3. The van der Waals surface area contributed by atoms with E-state index in [1.54, 1.807) is 0 Å². The normalized spacial score (nSPS) is 21.1. The Morgan fingerprint density at radius 3 is 2.46 bits per heavy atom.